The number of hydrogen-bond acceptors (Lipinski definition) is 3. The van der Waals surface area contributed by atoms with Gasteiger partial charge >= 0.3 is 6.09 Å². The summed E-state index contributed by atoms with van der Waals surface area (Å²) in [5, 5.41) is 0. The molecule has 1 heterocycles. The van der Waals surface area contributed by atoms with Crippen molar-refractivity contribution in [1.29, 1.82) is 0 Å². The average Bonchev–Trinajstić information content (AvgIpc) is 2.23. The van der Waals surface area contributed by atoms with Crippen LogP contribution < -0.4 is 4.90 Å². The van der Waals surface area contributed by atoms with E-state index in [9.17, 15) is 4.79 Å². The van der Waals surface area contributed by atoms with Gasteiger partial charge in [-0.2, -0.15) is 0 Å². The SMILES string of the molecule is CC(C)CN(C(=O)OC(C)(C)C)c1cc(Br)ccn1. The smallest absolute Gasteiger partial charge is 0.416 e. The van der Waals surface area contributed by atoms with Crippen LogP contribution in [-0.2, 0) is 4.74 Å². The average molecular weight is 329 g/mol. The molecule has 1 aromatic heterocycles. The third-order valence-electron chi connectivity index (χ3n) is 2.15. The van der Waals surface area contributed by atoms with Crippen molar-refractivity contribution >= 4 is 27.8 Å². The van der Waals surface area contributed by atoms with Gasteiger partial charge in [0, 0.05) is 17.2 Å². The van der Waals surface area contributed by atoms with E-state index in [4.69, 9.17) is 4.74 Å². The lowest BCUT2D eigenvalue weighted by atomic mass is 10.2. The highest BCUT2D eigenvalue weighted by Crippen LogP contribution is 2.20. The van der Waals surface area contributed by atoms with Gasteiger partial charge in [-0.3, -0.25) is 4.90 Å². The van der Waals surface area contributed by atoms with E-state index < -0.39 is 5.60 Å². The molecule has 0 unspecified atom stereocenters. The van der Waals surface area contributed by atoms with Crippen LogP contribution in [0.25, 0.3) is 0 Å². The molecule has 0 aliphatic rings. The molecule has 1 rings (SSSR count). The molecule has 0 fully saturated rings. The molecular formula is C14H21BrN2O2. The Kier molecular flexibility index (Phi) is 5.35. The number of anilines is 1. The molecule has 0 aliphatic carbocycles. The van der Waals surface area contributed by atoms with E-state index in [2.05, 4.69) is 34.8 Å². The molecule has 0 aliphatic heterocycles. The maximum atomic E-state index is 12.3. The van der Waals surface area contributed by atoms with Crippen molar-refractivity contribution in [3.05, 3.63) is 22.8 Å². The summed E-state index contributed by atoms with van der Waals surface area (Å²) in [4.78, 5) is 18.1. The fourth-order valence-corrected chi connectivity index (χ4v) is 1.81. The van der Waals surface area contributed by atoms with Crippen LogP contribution >= 0.6 is 15.9 Å². The fraction of sp³-hybridized carbons (Fsp3) is 0.571. The van der Waals surface area contributed by atoms with E-state index in [-0.39, 0.29) is 6.09 Å². The highest BCUT2D eigenvalue weighted by molar-refractivity contribution is 9.10. The van der Waals surface area contributed by atoms with Gasteiger partial charge in [0.1, 0.15) is 11.4 Å². The number of carbonyl (C=O) groups is 1. The van der Waals surface area contributed by atoms with Crippen molar-refractivity contribution in [1.82, 2.24) is 4.98 Å². The van der Waals surface area contributed by atoms with Gasteiger partial charge in [0.2, 0.25) is 0 Å². The molecule has 1 aromatic rings. The normalized spacial score (nSPS) is 11.5. The second-order valence-electron chi connectivity index (χ2n) is 5.82. The summed E-state index contributed by atoms with van der Waals surface area (Å²) in [6, 6.07) is 3.64. The van der Waals surface area contributed by atoms with E-state index in [1.807, 2.05) is 32.9 Å². The molecule has 0 spiro atoms. The van der Waals surface area contributed by atoms with Crippen LogP contribution in [0.1, 0.15) is 34.6 Å². The minimum atomic E-state index is -0.516. The van der Waals surface area contributed by atoms with Crippen LogP contribution in [0.15, 0.2) is 22.8 Å². The summed E-state index contributed by atoms with van der Waals surface area (Å²) in [5.41, 5.74) is -0.516. The van der Waals surface area contributed by atoms with Crippen LogP contribution in [0.2, 0.25) is 0 Å². The molecule has 0 radical (unpaired) electrons. The minimum Gasteiger partial charge on any atom is -0.443 e. The number of halogens is 1. The lowest BCUT2D eigenvalue weighted by Crippen LogP contribution is -2.39. The van der Waals surface area contributed by atoms with Crippen molar-refractivity contribution < 1.29 is 9.53 Å². The van der Waals surface area contributed by atoms with E-state index >= 15 is 0 Å². The molecule has 1 amide bonds. The summed E-state index contributed by atoms with van der Waals surface area (Å²) < 4.78 is 6.31. The molecule has 5 heteroatoms. The summed E-state index contributed by atoms with van der Waals surface area (Å²) in [6.07, 6.45) is 1.30. The highest BCUT2D eigenvalue weighted by atomic mass is 79.9. The maximum Gasteiger partial charge on any atom is 0.416 e. The Morgan fingerprint density at radius 1 is 1.47 bits per heavy atom. The number of rotatable bonds is 3. The molecule has 0 saturated heterocycles. The maximum absolute atomic E-state index is 12.3. The van der Waals surface area contributed by atoms with Crippen molar-refractivity contribution in [2.45, 2.75) is 40.2 Å². The molecular weight excluding hydrogens is 308 g/mol. The van der Waals surface area contributed by atoms with Gasteiger partial charge in [0.15, 0.2) is 0 Å². The summed E-state index contributed by atoms with van der Waals surface area (Å²) >= 11 is 3.39. The standard InChI is InChI=1S/C14H21BrN2O2/c1-10(2)9-17(13(18)19-14(3,4)5)12-8-11(15)6-7-16-12/h6-8,10H,9H2,1-5H3. The molecule has 19 heavy (non-hydrogen) atoms. The first kappa shape index (κ1) is 16.0. The van der Waals surface area contributed by atoms with Crippen LogP contribution in [0.4, 0.5) is 10.6 Å². The van der Waals surface area contributed by atoms with E-state index in [1.54, 1.807) is 11.1 Å². The molecule has 4 nitrogen and oxygen atoms in total. The fourth-order valence-electron chi connectivity index (χ4n) is 1.48. The van der Waals surface area contributed by atoms with Gasteiger partial charge < -0.3 is 4.74 Å². The number of ether oxygens (including phenoxy) is 1. The molecule has 106 valence electrons. The first-order chi connectivity index (χ1) is 8.69. The van der Waals surface area contributed by atoms with Gasteiger partial charge in [0.25, 0.3) is 0 Å². The van der Waals surface area contributed by atoms with Gasteiger partial charge in [0.05, 0.1) is 0 Å². The first-order valence-electron chi connectivity index (χ1n) is 6.31. The van der Waals surface area contributed by atoms with E-state index in [0.717, 1.165) is 4.47 Å². The van der Waals surface area contributed by atoms with Crippen molar-refractivity contribution in [3.8, 4) is 0 Å². The molecule has 0 N–H and O–H groups in total. The largest absolute Gasteiger partial charge is 0.443 e. The van der Waals surface area contributed by atoms with Crippen molar-refractivity contribution in [3.63, 3.8) is 0 Å². The number of aromatic nitrogens is 1. The quantitative estimate of drug-likeness (QED) is 0.833. The Morgan fingerprint density at radius 2 is 2.11 bits per heavy atom. The van der Waals surface area contributed by atoms with Gasteiger partial charge in [-0.05, 0) is 38.8 Å². The van der Waals surface area contributed by atoms with Crippen molar-refractivity contribution in [2.75, 3.05) is 11.4 Å². The van der Waals surface area contributed by atoms with Gasteiger partial charge in [-0.15, -0.1) is 0 Å². The number of hydrogen-bond donors (Lipinski definition) is 0. The van der Waals surface area contributed by atoms with E-state index in [1.165, 1.54) is 0 Å². The Bertz CT molecular complexity index is 441. The zero-order valence-corrected chi connectivity index (χ0v) is 13.7. The van der Waals surface area contributed by atoms with Gasteiger partial charge in [-0.25, -0.2) is 9.78 Å². The Balaban J connectivity index is 2.98. The van der Waals surface area contributed by atoms with Crippen LogP contribution in [0.5, 0.6) is 0 Å². The predicted octanol–water partition coefficient (Wildman–Crippen LogP) is 4.24. The van der Waals surface area contributed by atoms with Gasteiger partial charge in [-0.1, -0.05) is 29.8 Å². The summed E-state index contributed by atoms with van der Waals surface area (Å²) in [6.45, 7) is 10.2. The predicted molar refractivity (Wildman–Crippen MR) is 80.4 cm³/mol. The van der Waals surface area contributed by atoms with Crippen LogP contribution in [0, 0.1) is 5.92 Å². The third kappa shape index (κ3) is 5.59. The Labute approximate surface area is 123 Å². The topological polar surface area (TPSA) is 42.4 Å². The summed E-state index contributed by atoms with van der Waals surface area (Å²) in [5.74, 6) is 0.922. The number of nitrogens with zero attached hydrogens (tertiary/aromatic N) is 2. The zero-order chi connectivity index (χ0) is 14.6. The van der Waals surface area contributed by atoms with Crippen molar-refractivity contribution in [2.24, 2.45) is 5.92 Å². The first-order valence-corrected chi connectivity index (χ1v) is 7.10. The van der Waals surface area contributed by atoms with Crippen LogP contribution in [-0.4, -0.2) is 23.2 Å². The van der Waals surface area contributed by atoms with Crippen LogP contribution in [0.3, 0.4) is 0 Å². The lowest BCUT2D eigenvalue weighted by Gasteiger charge is -2.27. The second-order valence-corrected chi connectivity index (χ2v) is 6.73. The minimum absolute atomic E-state index is 0.327. The number of pyridine rings is 1. The zero-order valence-electron chi connectivity index (χ0n) is 12.1. The van der Waals surface area contributed by atoms with E-state index in [0.29, 0.717) is 18.3 Å². The molecule has 0 atom stereocenters. The molecule has 0 aromatic carbocycles. The molecule has 0 bridgehead atoms. The monoisotopic (exact) mass is 328 g/mol. The Morgan fingerprint density at radius 3 is 2.58 bits per heavy atom. The Hall–Kier alpha value is -1.10. The third-order valence-corrected chi connectivity index (χ3v) is 2.64. The summed E-state index contributed by atoms with van der Waals surface area (Å²) in [7, 11) is 0. The number of amides is 1. The lowest BCUT2D eigenvalue weighted by molar-refractivity contribution is 0.0575. The number of carbonyl (C=O) groups excluding carboxylic acids is 1. The second kappa shape index (κ2) is 6.37. The highest BCUT2D eigenvalue weighted by Gasteiger charge is 2.24. The molecule has 0 saturated carbocycles.